The van der Waals surface area contributed by atoms with E-state index in [0.717, 1.165) is 5.56 Å². The van der Waals surface area contributed by atoms with Crippen molar-refractivity contribution in [2.75, 3.05) is 0 Å². The molecule has 0 bridgehead atoms. The number of amides is 1. The summed E-state index contributed by atoms with van der Waals surface area (Å²) in [6.45, 7) is 2.16. The average Bonchev–Trinajstić information content (AvgIpc) is 3.15. The predicted octanol–water partition coefficient (Wildman–Crippen LogP) is 5.44. The van der Waals surface area contributed by atoms with E-state index in [1.54, 1.807) is 41.2 Å². The first-order valence-electron chi connectivity index (χ1n) is 9.99. The minimum atomic E-state index is -4.74. The Balaban J connectivity index is 1.44. The topological polar surface area (TPSA) is 68.5 Å². The van der Waals surface area contributed by atoms with E-state index in [9.17, 15) is 18.0 Å². The number of aryl methyl sites for hydroxylation is 1. The molecule has 0 unspecified atom stereocenters. The zero-order valence-electron chi connectivity index (χ0n) is 17.4. The Morgan fingerprint density at radius 2 is 1.91 bits per heavy atom. The Morgan fingerprint density at radius 1 is 1.15 bits per heavy atom. The molecule has 0 radical (unpaired) electrons. The fourth-order valence-electron chi connectivity index (χ4n) is 3.36. The van der Waals surface area contributed by atoms with Crippen molar-refractivity contribution >= 4 is 23.0 Å². The molecule has 0 fully saturated rings. The van der Waals surface area contributed by atoms with E-state index in [1.165, 1.54) is 24.3 Å². The molecule has 0 atom stereocenters. The van der Waals surface area contributed by atoms with Gasteiger partial charge in [-0.3, -0.25) is 9.78 Å². The third kappa shape index (κ3) is 5.25. The highest BCUT2D eigenvalue weighted by atomic mass is 35.5. The number of rotatable bonds is 6. The summed E-state index contributed by atoms with van der Waals surface area (Å²) < 4.78 is 42.4. The summed E-state index contributed by atoms with van der Waals surface area (Å²) in [4.78, 5) is 17.2. The molecule has 0 aliphatic carbocycles. The highest BCUT2D eigenvalue weighted by Gasteiger charge is 2.31. The maximum absolute atomic E-state index is 12.9. The van der Waals surface area contributed by atoms with Gasteiger partial charge in [0.2, 0.25) is 0 Å². The van der Waals surface area contributed by atoms with Crippen molar-refractivity contribution in [1.29, 1.82) is 0 Å². The molecule has 1 aromatic carbocycles. The summed E-state index contributed by atoms with van der Waals surface area (Å²) in [5.41, 5.74) is 3.75. The van der Waals surface area contributed by atoms with Crippen molar-refractivity contribution in [3.05, 3.63) is 82.8 Å². The van der Waals surface area contributed by atoms with E-state index in [1.807, 2.05) is 6.92 Å². The molecular formula is C23H18ClF3N4O2. The summed E-state index contributed by atoms with van der Waals surface area (Å²) in [7, 11) is 0. The van der Waals surface area contributed by atoms with E-state index in [2.05, 4.69) is 20.1 Å². The largest absolute Gasteiger partial charge is 0.573 e. The van der Waals surface area contributed by atoms with E-state index < -0.39 is 6.36 Å². The molecular weight excluding hydrogens is 457 g/mol. The molecule has 4 rings (SSSR count). The van der Waals surface area contributed by atoms with Crippen LogP contribution in [0.2, 0.25) is 5.02 Å². The van der Waals surface area contributed by atoms with Crippen molar-refractivity contribution in [2.45, 2.75) is 26.3 Å². The molecule has 0 saturated heterocycles. The van der Waals surface area contributed by atoms with Gasteiger partial charge >= 0.3 is 6.36 Å². The zero-order valence-corrected chi connectivity index (χ0v) is 18.1. The molecule has 0 aliphatic heterocycles. The predicted molar refractivity (Wildman–Crippen MR) is 117 cm³/mol. The van der Waals surface area contributed by atoms with Gasteiger partial charge in [-0.1, -0.05) is 24.6 Å². The van der Waals surface area contributed by atoms with Gasteiger partial charge in [-0.2, -0.15) is 5.10 Å². The maximum Gasteiger partial charge on any atom is 0.573 e. The monoisotopic (exact) mass is 474 g/mol. The number of hydrogen-bond donors (Lipinski definition) is 1. The number of aromatic nitrogens is 3. The SMILES string of the molecule is CCc1nn2ccc(Cl)cc2c1C(=O)NCc1ccc(-c2ccc(OC(F)(F)F)cc2)nc1. The summed E-state index contributed by atoms with van der Waals surface area (Å²) in [6.07, 6.45) is -0.841. The number of carbonyl (C=O) groups is 1. The maximum atomic E-state index is 12.9. The van der Waals surface area contributed by atoms with Crippen LogP contribution in [0.15, 0.2) is 60.9 Å². The molecule has 1 N–H and O–H groups in total. The van der Waals surface area contributed by atoms with Gasteiger partial charge in [0.1, 0.15) is 5.75 Å². The van der Waals surface area contributed by atoms with Crippen LogP contribution in [-0.4, -0.2) is 26.9 Å². The third-order valence-electron chi connectivity index (χ3n) is 4.89. The lowest BCUT2D eigenvalue weighted by atomic mass is 10.1. The average molecular weight is 475 g/mol. The first kappa shape index (κ1) is 22.6. The standard InChI is InChI=1S/C23H18ClF3N4O2/c1-2-18-21(20-11-16(24)9-10-31(20)30-18)22(32)29-13-14-3-8-19(28-12-14)15-4-6-17(7-5-15)33-23(25,26)27/h3-12H,2,13H2,1H3,(H,29,32). The van der Waals surface area contributed by atoms with Gasteiger partial charge < -0.3 is 10.1 Å². The second-order valence-corrected chi connectivity index (χ2v) is 7.59. The highest BCUT2D eigenvalue weighted by Crippen LogP contribution is 2.26. The van der Waals surface area contributed by atoms with Crippen LogP contribution >= 0.6 is 11.6 Å². The molecule has 3 heterocycles. The van der Waals surface area contributed by atoms with Crippen LogP contribution in [0.3, 0.4) is 0 Å². The smallest absolute Gasteiger partial charge is 0.406 e. The fraction of sp³-hybridized carbons (Fsp3) is 0.174. The second kappa shape index (κ2) is 9.11. The van der Waals surface area contributed by atoms with Gasteiger partial charge in [0.15, 0.2) is 0 Å². The van der Waals surface area contributed by atoms with Crippen LogP contribution in [0.1, 0.15) is 28.5 Å². The highest BCUT2D eigenvalue weighted by molar-refractivity contribution is 6.31. The van der Waals surface area contributed by atoms with Crippen molar-refractivity contribution in [3.63, 3.8) is 0 Å². The van der Waals surface area contributed by atoms with E-state index >= 15 is 0 Å². The van der Waals surface area contributed by atoms with Crippen LogP contribution in [0.25, 0.3) is 16.8 Å². The number of carbonyl (C=O) groups excluding carboxylic acids is 1. The number of pyridine rings is 2. The number of hydrogen-bond acceptors (Lipinski definition) is 4. The summed E-state index contributed by atoms with van der Waals surface area (Å²) in [5.74, 6) is -0.570. The Hall–Kier alpha value is -3.59. The number of alkyl halides is 3. The number of fused-ring (bicyclic) bond motifs is 1. The van der Waals surface area contributed by atoms with Gasteiger partial charge in [-0.05, 0) is 54.4 Å². The molecule has 1 amide bonds. The lowest BCUT2D eigenvalue weighted by Gasteiger charge is -2.09. The molecule has 6 nitrogen and oxygen atoms in total. The zero-order chi connectivity index (χ0) is 23.6. The molecule has 3 aromatic heterocycles. The van der Waals surface area contributed by atoms with Crippen LogP contribution in [0.5, 0.6) is 5.75 Å². The van der Waals surface area contributed by atoms with Crippen LogP contribution in [-0.2, 0) is 13.0 Å². The molecule has 0 aliphatic rings. The van der Waals surface area contributed by atoms with Crippen molar-refractivity contribution in [3.8, 4) is 17.0 Å². The van der Waals surface area contributed by atoms with Crippen molar-refractivity contribution in [1.82, 2.24) is 19.9 Å². The molecule has 170 valence electrons. The number of nitrogens with one attached hydrogen (secondary N) is 1. The Kier molecular flexibility index (Phi) is 6.24. The van der Waals surface area contributed by atoms with E-state index in [0.29, 0.717) is 39.5 Å². The van der Waals surface area contributed by atoms with Crippen LogP contribution < -0.4 is 10.1 Å². The molecule has 4 aromatic rings. The summed E-state index contributed by atoms with van der Waals surface area (Å²) in [5, 5.41) is 7.82. The molecule has 33 heavy (non-hydrogen) atoms. The Morgan fingerprint density at radius 3 is 2.55 bits per heavy atom. The minimum Gasteiger partial charge on any atom is -0.406 e. The van der Waals surface area contributed by atoms with Gasteiger partial charge in [0, 0.05) is 29.5 Å². The number of nitrogens with zero attached hydrogens (tertiary/aromatic N) is 3. The van der Waals surface area contributed by atoms with Crippen molar-refractivity contribution < 1.29 is 22.7 Å². The van der Waals surface area contributed by atoms with Gasteiger partial charge in [0.05, 0.1) is 22.5 Å². The summed E-state index contributed by atoms with van der Waals surface area (Å²) in [6, 6.07) is 12.4. The number of ether oxygens (including phenoxy) is 1. The first-order valence-corrected chi connectivity index (χ1v) is 10.4. The van der Waals surface area contributed by atoms with E-state index in [-0.39, 0.29) is 18.2 Å². The lowest BCUT2D eigenvalue weighted by Crippen LogP contribution is -2.23. The van der Waals surface area contributed by atoms with E-state index in [4.69, 9.17) is 11.6 Å². The van der Waals surface area contributed by atoms with Crippen LogP contribution in [0.4, 0.5) is 13.2 Å². The molecule has 0 saturated carbocycles. The van der Waals surface area contributed by atoms with Crippen molar-refractivity contribution in [2.24, 2.45) is 0 Å². The normalized spacial score (nSPS) is 11.5. The Bertz CT molecular complexity index is 1290. The van der Waals surface area contributed by atoms with Gasteiger partial charge in [0.25, 0.3) is 5.91 Å². The number of benzene rings is 1. The Labute approximate surface area is 192 Å². The molecule has 0 spiro atoms. The lowest BCUT2D eigenvalue weighted by molar-refractivity contribution is -0.274. The van der Waals surface area contributed by atoms with Gasteiger partial charge in [-0.25, -0.2) is 4.52 Å². The second-order valence-electron chi connectivity index (χ2n) is 7.16. The third-order valence-corrected chi connectivity index (χ3v) is 5.13. The van der Waals surface area contributed by atoms with Gasteiger partial charge in [-0.15, -0.1) is 13.2 Å². The summed E-state index contributed by atoms with van der Waals surface area (Å²) >= 11 is 6.08. The van der Waals surface area contributed by atoms with Crippen LogP contribution in [0, 0.1) is 0 Å². The fourth-order valence-corrected chi connectivity index (χ4v) is 3.52. The minimum absolute atomic E-state index is 0.242. The number of halogens is 4. The quantitative estimate of drug-likeness (QED) is 0.404. The molecule has 10 heteroatoms. The first-order chi connectivity index (χ1) is 15.7.